The summed E-state index contributed by atoms with van der Waals surface area (Å²) in [6.07, 6.45) is 6.09. The van der Waals surface area contributed by atoms with Gasteiger partial charge in [-0.3, -0.25) is 4.79 Å². The van der Waals surface area contributed by atoms with Crippen molar-refractivity contribution in [2.24, 2.45) is 0 Å². The van der Waals surface area contributed by atoms with E-state index in [0.29, 0.717) is 28.7 Å². The third kappa shape index (κ3) is 3.20. The van der Waals surface area contributed by atoms with Gasteiger partial charge in [-0.05, 0) is 44.9 Å². The fourth-order valence-corrected chi connectivity index (χ4v) is 4.59. The number of hydrogen-bond donors (Lipinski definition) is 1. The van der Waals surface area contributed by atoms with E-state index >= 15 is 0 Å². The smallest absolute Gasteiger partial charge is 0.256 e. The van der Waals surface area contributed by atoms with Crippen LogP contribution in [0.4, 0.5) is 8.78 Å². The Kier molecular flexibility index (Phi) is 4.65. The van der Waals surface area contributed by atoms with Crippen molar-refractivity contribution in [2.45, 2.75) is 63.2 Å². The molecule has 0 spiro atoms. The summed E-state index contributed by atoms with van der Waals surface area (Å²) in [5.74, 6) is -0.191. The number of piperidine rings is 2. The molecule has 2 saturated heterocycles. The maximum atomic E-state index is 12.9. The third-order valence-electron chi connectivity index (χ3n) is 5.89. The van der Waals surface area contributed by atoms with E-state index in [1.807, 2.05) is 0 Å². The van der Waals surface area contributed by atoms with E-state index in [0.717, 1.165) is 12.8 Å². The minimum absolute atomic E-state index is 0.138. The highest BCUT2D eigenvalue weighted by Gasteiger charge is 2.36. The molecule has 3 atom stereocenters. The van der Waals surface area contributed by atoms with Crippen molar-refractivity contribution in [3.63, 3.8) is 0 Å². The fourth-order valence-electron chi connectivity index (χ4n) is 4.59. The van der Waals surface area contributed by atoms with E-state index in [9.17, 15) is 13.6 Å². The number of carbonyl (C=O) groups excluding carboxylic acids is 1. The number of aromatic nitrogens is 2. The monoisotopic (exact) mass is 362 g/mol. The van der Waals surface area contributed by atoms with Crippen LogP contribution in [0, 0.1) is 0 Å². The highest BCUT2D eigenvalue weighted by atomic mass is 19.3. The Morgan fingerprint density at radius 2 is 2.08 bits per heavy atom. The van der Waals surface area contributed by atoms with Crippen molar-refractivity contribution in [3.05, 3.63) is 30.1 Å². The van der Waals surface area contributed by atoms with Crippen LogP contribution in [0.1, 0.15) is 42.5 Å². The summed E-state index contributed by atoms with van der Waals surface area (Å²) in [7, 11) is 2.18. The van der Waals surface area contributed by atoms with Crippen molar-refractivity contribution in [2.75, 3.05) is 7.05 Å². The van der Waals surface area contributed by atoms with Gasteiger partial charge in [0.25, 0.3) is 12.3 Å². The molecule has 1 amide bonds. The highest BCUT2D eigenvalue weighted by molar-refractivity contribution is 6.06. The van der Waals surface area contributed by atoms with Crippen LogP contribution in [-0.2, 0) is 6.54 Å². The quantitative estimate of drug-likeness (QED) is 0.910. The van der Waals surface area contributed by atoms with E-state index in [-0.39, 0.29) is 11.9 Å². The lowest BCUT2D eigenvalue weighted by Crippen LogP contribution is -2.55. The van der Waals surface area contributed by atoms with Crippen molar-refractivity contribution in [3.8, 4) is 0 Å². The van der Waals surface area contributed by atoms with Crippen LogP contribution in [0.2, 0.25) is 0 Å². The van der Waals surface area contributed by atoms with Gasteiger partial charge in [0.1, 0.15) is 5.65 Å². The second kappa shape index (κ2) is 6.95. The minimum Gasteiger partial charge on any atom is -0.349 e. The molecule has 140 valence electrons. The van der Waals surface area contributed by atoms with Gasteiger partial charge < -0.3 is 14.8 Å². The van der Waals surface area contributed by atoms with Gasteiger partial charge in [-0.1, -0.05) is 6.42 Å². The number of pyridine rings is 1. The molecule has 0 saturated carbocycles. The average molecular weight is 362 g/mol. The van der Waals surface area contributed by atoms with E-state index in [4.69, 9.17) is 0 Å². The lowest BCUT2D eigenvalue weighted by atomic mass is 9.82. The number of nitrogens with one attached hydrogen (secondary N) is 1. The topological polar surface area (TPSA) is 50.2 Å². The van der Waals surface area contributed by atoms with Crippen LogP contribution in [0.5, 0.6) is 0 Å². The summed E-state index contributed by atoms with van der Waals surface area (Å²) < 4.78 is 27.1. The molecule has 2 aliphatic heterocycles. The van der Waals surface area contributed by atoms with Crippen LogP contribution < -0.4 is 5.32 Å². The molecule has 4 rings (SSSR count). The number of nitrogens with zero attached hydrogens (tertiary/aromatic N) is 3. The van der Waals surface area contributed by atoms with Gasteiger partial charge in [-0.25, -0.2) is 13.8 Å². The van der Waals surface area contributed by atoms with Crippen LogP contribution in [0.25, 0.3) is 11.0 Å². The molecule has 2 bridgehead atoms. The maximum Gasteiger partial charge on any atom is 0.256 e. The Hall–Kier alpha value is -2.02. The molecule has 2 aromatic heterocycles. The molecular formula is C19H24F2N4O. The first kappa shape index (κ1) is 17.4. The SMILES string of the molecule is CN1[C@@H]2CCC[C@H]1C[C@H](NC(=O)c1cn(CC(F)F)c3ncccc13)C2. The highest BCUT2D eigenvalue weighted by Crippen LogP contribution is 2.33. The van der Waals surface area contributed by atoms with Crippen LogP contribution in [0.15, 0.2) is 24.5 Å². The van der Waals surface area contributed by atoms with Crippen LogP contribution in [-0.4, -0.2) is 52.0 Å². The number of fused-ring (bicyclic) bond motifs is 3. The molecule has 7 heteroatoms. The minimum atomic E-state index is -2.49. The summed E-state index contributed by atoms with van der Waals surface area (Å²) in [6, 6.07) is 4.68. The number of halogens is 2. The first-order valence-electron chi connectivity index (χ1n) is 9.27. The van der Waals surface area contributed by atoms with Gasteiger partial charge in [0.2, 0.25) is 0 Å². The molecule has 2 aliphatic rings. The Balaban J connectivity index is 1.55. The van der Waals surface area contributed by atoms with Crippen LogP contribution in [0.3, 0.4) is 0 Å². The Morgan fingerprint density at radius 1 is 1.35 bits per heavy atom. The zero-order valence-electron chi connectivity index (χ0n) is 14.9. The number of carbonyl (C=O) groups is 1. The van der Waals surface area contributed by atoms with Gasteiger partial charge in [0.15, 0.2) is 0 Å². The molecule has 2 aromatic rings. The predicted octanol–water partition coefficient (Wildman–Crippen LogP) is 3.05. The van der Waals surface area contributed by atoms with Crippen molar-refractivity contribution >= 4 is 16.9 Å². The fraction of sp³-hybridized carbons (Fsp3) is 0.579. The molecule has 0 aromatic carbocycles. The lowest BCUT2D eigenvalue weighted by molar-refractivity contribution is 0.0463. The molecular weight excluding hydrogens is 338 g/mol. The van der Waals surface area contributed by atoms with E-state index in [2.05, 4.69) is 22.2 Å². The van der Waals surface area contributed by atoms with Gasteiger partial charge in [-0.15, -0.1) is 0 Å². The van der Waals surface area contributed by atoms with Gasteiger partial charge >= 0.3 is 0 Å². The summed E-state index contributed by atoms with van der Waals surface area (Å²) in [5.41, 5.74) is 0.857. The lowest BCUT2D eigenvalue weighted by Gasteiger charge is -2.47. The molecule has 26 heavy (non-hydrogen) atoms. The summed E-state index contributed by atoms with van der Waals surface area (Å²) in [6.45, 7) is -0.459. The van der Waals surface area contributed by atoms with Gasteiger partial charge in [0.05, 0.1) is 12.1 Å². The molecule has 0 unspecified atom stereocenters. The second-order valence-corrected chi connectivity index (χ2v) is 7.51. The van der Waals surface area contributed by atoms with E-state index in [1.54, 1.807) is 18.3 Å². The molecule has 5 nitrogen and oxygen atoms in total. The number of hydrogen-bond acceptors (Lipinski definition) is 3. The predicted molar refractivity (Wildman–Crippen MR) is 95.4 cm³/mol. The first-order valence-corrected chi connectivity index (χ1v) is 9.27. The molecule has 4 heterocycles. The average Bonchev–Trinajstić information content (AvgIpc) is 2.94. The van der Waals surface area contributed by atoms with Crippen molar-refractivity contribution in [1.82, 2.24) is 19.8 Å². The third-order valence-corrected chi connectivity index (χ3v) is 5.89. The first-order chi connectivity index (χ1) is 12.5. The normalized spacial score (nSPS) is 26.4. The summed E-state index contributed by atoms with van der Waals surface area (Å²) in [5, 5.41) is 3.77. The molecule has 0 radical (unpaired) electrons. The second-order valence-electron chi connectivity index (χ2n) is 7.51. The van der Waals surface area contributed by atoms with Gasteiger partial charge in [0, 0.05) is 35.9 Å². The standard InChI is InChI=1S/C19H24F2N4O/c1-24-13-4-2-5-14(24)9-12(8-13)23-19(26)16-10-25(11-17(20)21)18-15(16)6-3-7-22-18/h3,6-7,10,12-14,17H,2,4-5,8-9,11H2,1H3,(H,23,26)/t12-,13-,14+. The number of rotatable bonds is 4. The number of alkyl halides is 2. The van der Waals surface area contributed by atoms with E-state index in [1.165, 1.54) is 30.0 Å². The Morgan fingerprint density at radius 3 is 2.77 bits per heavy atom. The molecule has 0 aliphatic carbocycles. The zero-order chi connectivity index (χ0) is 18.3. The Labute approximate surface area is 151 Å². The zero-order valence-corrected chi connectivity index (χ0v) is 14.9. The largest absolute Gasteiger partial charge is 0.349 e. The summed E-state index contributed by atoms with van der Waals surface area (Å²) in [4.78, 5) is 19.5. The maximum absolute atomic E-state index is 12.9. The van der Waals surface area contributed by atoms with Crippen molar-refractivity contribution < 1.29 is 13.6 Å². The van der Waals surface area contributed by atoms with Gasteiger partial charge in [-0.2, -0.15) is 0 Å². The van der Waals surface area contributed by atoms with Crippen LogP contribution >= 0.6 is 0 Å². The molecule has 1 N–H and O–H groups in total. The summed E-state index contributed by atoms with van der Waals surface area (Å²) >= 11 is 0. The Bertz CT molecular complexity index is 792. The van der Waals surface area contributed by atoms with Crippen molar-refractivity contribution in [1.29, 1.82) is 0 Å². The molecule has 2 fully saturated rings. The van der Waals surface area contributed by atoms with E-state index < -0.39 is 13.0 Å². The number of amides is 1.